The van der Waals surface area contributed by atoms with Gasteiger partial charge in [-0.05, 0) is 69.7 Å². The average Bonchev–Trinajstić information content (AvgIpc) is 3.34. The van der Waals surface area contributed by atoms with Crippen LogP contribution in [0.1, 0.15) is 73.1 Å². The standard InChI is InChI=1S/C25H27FN4O2/c1-14-12-25(3,4)30-22-17(14)9-16(26)10-18(22)19(23(30)32)11-21(31)20-13-27-24(28-15(20)2)29-7-5-6-8-29/h9-11,13-14H,5-8,12H2,1-4H3. The van der Waals surface area contributed by atoms with Crippen LogP contribution in [0.5, 0.6) is 0 Å². The van der Waals surface area contributed by atoms with Crippen molar-refractivity contribution >= 4 is 28.9 Å². The van der Waals surface area contributed by atoms with Crippen molar-refractivity contribution in [2.24, 2.45) is 0 Å². The number of halogens is 1. The van der Waals surface area contributed by atoms with E-state index in [1.807, 2.05) is 20.8 Å². The normalized spacial score (nSPS) is 22.6. The molecule has 1 aromatic carbocycles. The van der Waals surface area contributed by atoms with E-state index in [1.54, 1.807) is 11.8 Å². The Morgan fingerprint density at radius 1 is 1.25 bits per heavy atom. The molecular formula is C25H27FN4O2. The first kappa shape index (κ1) is 20.8. The lowest BCUT2D eigenvalue weighted by molar-refractivity contribution is -0.114. The summed E-state index contributed by atoms with van der Waals surface area (Å²) in [6.07, 6.45) is 5.81. The number of benzene rings is 1. The minimum atomic E-state index is -0.425. The lowest BCUT2D eigenvalue weighted by Gasteiger charge is -2.43. The Morgan fingerprint density at radius 2 is 1.97 bits per heavy atom. The van der Waals surface area contributed by atoms with Crippen molar-refractivity contribution < 1.29 is 14.0 Å². The monoisotopic (exact) mass is 434 g/mol. The number of amides is 1. The van der Waals surface area contributed by atoms with Gasteiger partial charge in [0.25, 0.3) is 5.91 Å². The first-order chi connectivity index (χ1) is 15.2. The third-order valence-electron chi connectivity index (χ3n) is 6.89. The van der Waals surface area contributed by atoms with E-state index in [9.17, 15) is 14.0 Å². The number of aryl methyl sites for hydroxylation is 1. The Morgan fingerprint density at radius 3 is 2.66 bits per heavy atom. The number of allylic oxidation sites excluding steroid dienone is 1. The Balaban J connectivity index is 1.56. The molecule has 1 unspecified atom stereocenters. The highest BCUT2D eigenvalue weighted by Gasteiger charge is 2.47. The van der Waals surface area contributed by atoms with Gasteiger partial charge in [0.2, 0.25) is 5.95 Å². The molecule has 6 nitrogen and oxygen atoms in total. The van der Waals surface area contributed by atoms with Gasteiger partial charge in [0.15, 0.2) is 5.78 Å². The third-order valence-corrected chi connectivity index (χ3v) is 6.89. The molecule has 0 spiro atoms. The van der Waals surface area contributed by atoms with E-state index in [0.717, 1.165) is 43.6 Å². The van der Waals surface area contributed by atoms with E-state index in [0.29, 0.717) is 22.8 Å². The summed E-state index contributed by atoms with van der Waals surface area (Å²) in [5.74, 6) is -0.256. The minimum absolute atomic E-state index is 0.113. The molecule has 0 saturated carbocycles. The number of rotatable bonds is 3. The largest absolute Gasteiger partial charge is 0.341 e. The number of carbonyl (C=O) groups is 2. The van der Waals surface area contributed by atoms with Crippen molar-refractivity contribution in [3.8, 4) is 0 Å². The smallest absolute Gasteiger partial charge is 0.259 e. The van der Waals surface area contributed by atoms with Crippen LogP contribution in [0.15, 0.2) is 24.4 Å². The molecule has 0 radical (unpaired) electrons. The van der Waals surface area contributed by atoms with Crippen LogP contribution in [0.2, 0.25) is 0 Å². The molecule has 1 aromatic heterocycles. The lowest BCUT2D eigenvalue weighted by atomic mass is 9.80. The highest BCUT2D eigenvalue weighted by molar-refractivity contribution is 6.36. The van der Waals surface area contributed by atoms with Crippen LogP contribution >= 0.6 is 0 Å². The van der Waals surface area contributed by atoms with Crippen LogP contribution in [-0.4, -0.2) is 40.3 Å². The number of hydrogen-bond acceptors (Lipinski definition) is 5. The second-order valence-electron chi connectivity index (χ2n) is 9.73. The van der Waals surface area contributed by atoms with Crippen LogP contribution in [0.3, 0.4) is 0 Å². The second kappa shape index (κ2) is 7.22. The molecule has 1 atom stereocenters. The maximum atomic E-state index is 14.5. The van der Waals surface area contributed by atoms with Crippen molar-refractivity contribution in [2.45, 2.75) is 58.4 Å². The van der Waals surface area contributed by atoms with Crippen LogP contribution in [0.25, 0.3) is 5.57 Å². The topological polar surface area (TPSA) is 66.4 Å². The molecule has 2 aromatic rings. The van der Waals surface area contributed by atoms with Crippen molar-refractivity contribution in [1.29, 1.82) is 0 Å². The van der Waals surface area contributed by atoms with E-state index in [-0.39, 0.29) is 23.2 Å². The van der Waals surface area contributed by atoms with Gasteiger partial charge in [-0.1, -0.05) is 6.92 Å². The first-order valence-corrected chi connectivity index (χ1v) is 11.2. The maximum absolute atomic E-state index is 14.5. The van der Waals surface area contributed by atoms with Gasteiger partial charge in [0.05, 0.1) is 22.5 Å². The van der Waals surface area contributed by atoms with Crippen molar-refractivity contribution in [2.75, 3.05) is 22.9 Å². The fourth-order valence-corrected chi connectivity index (χ4v) is 5.43. The quantitative estimate of drug-likeness (QED) is 0.528. The molecule has 5 rings (SSSR count). The van der Waals surface area contributed by atoms with Crippen LogP contribution in [-0.2, 0) is 4.79 Å². The van der Waals surface area contributed by atoms with Gasteiger partial charge in [-0.25, -0.2) is 14.4 Å². The summed E-state index contributed by atoms with van der Waals surface area (Å²) in [4.78, 5) is 39.4. The molecule has 0 N–H and O–H groups in total. The number of aromatic nitrogens is 2. The number of ketones is 1. The Kier molecular flexibility index (Phi) is 4.69. The summed E-state index contributed by atoms with van der Waals surface area (Å²) >= 11 is 0. The van der Waals surface area contributed by atoms with E-state index >= 15 is 0 Å². The zero-order chi connectivity index (χ0) is 22.8. The zero-order valence-corrected chi connectivity index (χ0v) is 18.9. The Hall–Kier alpha value is -3.09. The molecule has 1 fully saturated rings. The predicted molar refractivity (Wildman–Crippen MR) is 122 cm³/mol. The third kappa shape index (κ3) is 3.14. The molecule has 0 aliphatic carbocycles. The van der Waals surface area contributed by atoms with Gasteiger partial charge in [0.1, 0.15) is 5.82 Å². The molecule has 0 bridgehead atoms. The molecule has 32 heavy (non-hydrogen) atoms. The van der Waals surface area contributed by atoms with Gasteiger partial charge < -0.3 is 9.80 Å². The molecule has 1 saturated heterocycles. The van der Waals surface area contributed by atoms with Crippen molar-refractivity contribution in [1.82, 2.24) is 9.97 Å². The number of anilines is 2. The maximum Gasteiger partial charge on any atom is 0.259 e. The second-order valence-corrected chi connectivity index (χ2v) is 9.73. The molecular weight excluding hydrogens is 407 g/mol. The summed E-state index contributed by atoms with van der Waals surface area (Å²) in [7, 11) is 0. The summed E-state index contributed by atoms with van der Waals surface area (Å²) in [6, 6.07) is 2.88. The fraction of sp³-hybridized carbons (Fsp3) is 0.440. The van der Waals surface area contributed by atoms with E-state index in [2.05, 4.69) is 14.9 Å². The SMILES string of the molecule is Cc1nc(N2CCCC2)ncc1C(=O)C=C1C(=O)N2c3c1cc(F)cc3C(C)CC2(C)C. The minimum Gasteiger partial charge on any atom is -0.341 e. The highest BCUT2D eigenvalue weighted by Crippen LogP contribution is 2.51. The molecule has 1 amide bonds. The van der Waals surface area contributed by atoms with E-state index in [1.165, 1.54) is 24.4 Å². The average molecular weight is 435 g/mol. The molecule has 166 valence electrons. The van der Waals surface area contributed by atoms with Crippen molar-refractivity contribution in [3.63, 3.8) is 0 Å². The van der Waals surface area contributed by atoms with E-state index < -0.39 is 11.4 Å². The van der Waals surface area contributed by atoms with Crippen LogP contribution < -0.4 is 9.80 Å². The fourth-order valence-electron chi connectivity index (χ4n) is 5.43. The van der Waals surface area contributed by atoms with Crippen LogP contribution in [0, 0.1) is 12.7 Å². The van der Waals surface area contributed by atoms with Gasteiger partial charge in [-0.3, -0.25) is 9.59 Å². The molecule has 7 heteroatoms. The lowest BCUT2D eigenvalue weighted by Crippen LogP contribution is -2.49. The zero-order valence-electron chi connectivity index (χ0n) is 18.9. The highest BCUT2D eigenvalue weighted by atomic mass is 19.1. The molecule has 4 heterocycles. The number of hydrogen-bond donors (Lipinski definition) is 0. The Labute approximate surface area is 187 Å². The van der Waals surface area contributed by atoms with Gasteiger partial charge in [-0.15, -0.1) is 0 Å². The van der Waals surface area contributed by atoms with Gasteiger partial charge in [0, 0.05) is 30.4 Å². The van der Waals surface area contributed by atoms with Crippen molar-refractivity contribution in [3.05, 3.63) is 52.6 Å². The summed E-state index contributed by atoms with van der Waals surface area (Å²) in [6.45, 7) is 9.68. The van der Waals surface area contributed by atoms with E-state index in [4.69, 9.17) is 0 Å². The summed E-state index contributed by atoms with van der Waals surface area (Å²) in [5.41, 5.74) is 2.78. The predicted octanol–water partition coefficient (Wildman–Crippen LogP) is 4.42. The number of carbonyl (C=O) groups excluding carboxylic acids is 2. The van der Waals surface area contributed by atoms with Gasteiger partial charge >= 0.3 is 0 Å². The summed E-state index contributed by atoms with van der Waals surface area (Å²) in [5, 5.41) is 0. The van der Waals surface area contributed by atoms with Gasteiger partial charge in [-0.2, -0.15) is 0 Å². The van der Waals surface area contributed by atoms with Crippen LogP contribution in [0.4, 0.5) is 16.0 Å². The molecule has 3 aliphatic rings. The summed E-state index contributed by atoms with van der Waals surface area (Å²) < 4.78 is 14.5. The first-order valence-electron chi connectivity index (χ1n) is 11.2. The number of nitrogens with zero attached hydrogens (tertiary/aromatic N) is 4. The molecule has 3 aliphatic heterocycles. The Bertz CT molecular complexity index is 1180.